The Kier molecular flexibility index (Phi) is 4.50. The fourth-order valence-corrected chi connectivity index (χ4v) is 1.94. The maximum atomic E-state index is 10.4. The van der Waals surface area contributed by atoms with Gasteiger partial charge < -0.3 is 9.84 Å². The molecule has 0 aromatic heterocycles. The number of aliphatic hydroxyl groups is 1. The van der Waals surface area contributed by atoms with E-state index in [1.54, 1.807) is 12.1 Å². The normalized spacial score (nSPS) is 16.7. The van der Waals surface area contributed by atoms with Gasteiger partial charge in [-0.15, -0.1) is 0 Å². The number of nitriles is 1. The minimum atomic E-state index is -1.21. The Hall–Kier alpha value is -1.37. The SMILES string of the molecule is CC[C@](C#N)(OC(C)(C)C)[C@@H](O)c1ccccc1. The number of benzene rings is 1. The maximum absolute atomic E-state index is 10.4. The Labute approximate surface area is 109 Å². The first-order valence-corrected chi connectivity index (χ1v) is 6.19. The van der Waals surface area contributed by atoms with Gasteiger partial charge in [0.2, 0.25) is 0 Å². The predicted molar refractivity (Wildman–Crippen MR) is 70.9 cm³/mol. The predicted octanol–water partition coefficient (Wildman–Crippen LogP) is 3.21. The van der Waals surface area contributed by atoms with E-state index in [0.29, 0.717) is 12.0 Å². The Balaban J connectivity index is 3.09. The van der Waals surface area contributed by atoms with Gasteiger partial charge in [0.25, 0.3) is 0 Å². The summed E-state index contributed by atoms with van der Waals surface area (Å²) in [7, 11) is 0. The van der Waals surface area contributed by atoms with Crippen LogP contribution in [0.15, 0.2) is 30.3 Å². The van der Waals surface area contributed by atoms with Crippen LogP contribution in [0.1, 0.15) is 45.8 Å². The first-order valence-electron chi connectivity index (χ1n) is 6.19. The Morgan fingerprint density at radius 1 is 1.28 bits per heavy atom. The van der Waals surface area contributed by atoms with Crippen molar-refractivity contribution >= 4 is 0 Å². The van der Waals surface area contributed by atoms with Crippen LogP contribution < -0.4 is 0 Å². The van der Waals surface area contributed by atoms with Crippen molar-refractivity contribution < 1.29 is 9.84 Å². The molecule has 0 radical (unpaired) electrons. The second-order valence-electron chi connectivity index (χ2n) is 5.38. The van der Waals surface area contributed by atoms with E-state index in [0.717, 1.165) is 0 Å². The van der Waals surface area contributed by atoms with Crippen molar-refractivity contribution in [2.24, 2.45) is 0 Å². The highest BCUT2D eigenvalue weighted by Gasteiger charge is 2.41. The monoisotopic (exact) mass is 247 g/mol. The van der Waals surface area contributed by atoms with Gasteiger partial charge in [-0.25, -0.2) is 0 Å². The number of aliphatic hydroxyl groups excluding tert-OH is 1. The van der Waals surface area contributed by atoms with Crippen LogP contribution in [0.2, 0.25) is 0 Å². The first-order chi connectivity index (χ1) is 8.34. The second-order valence-corrected chi connectivity index (χ2v) is 5.38. The standard InChI is InChI=1S/C15H21NO2/c1-5-15(11-16,18-14(2,3)4)13(17)12-9-7-6-8-10-12/h6-10,13,17H,5H2,1-4H3/t13-,15+/m0/s1. The lowest BCUT2D eigenvalue weighted by Gasteiger charge is -2.37. The molecule has 0 aliphatic carbocycles. The zero-order valence-electron chi connectivity index (χ0n) is 11.5. The van der Waals surface area contributed by atoms with Gasteiger partial charge in [-0.05, 0) is 32.8 Å². The highest BCUT2D eigenvalue weighted by atomic mass is 16.5. The largest absolute Gasteiger partial charge is 0.384 e. The lowest BCUT2D eigenvalue weighted by atomic mass is 9.89. The quantitative estimate of drug-likeness (QED) is 0.888. The minimum Gasteiger partial charge on any atom is -0.384 e. The molecule has 3 heteroatoms. The van der Waals surface area contributed by atoms with Crippen LogP contribution in [0.25, 0.3) is 0 Å². The highest BCUT2D eigenvalue weighted by molar-refractivity contribution is 5.24. The molecule has 2 atom stereocenters. The zero-order valence-corrected chi connectivity index (χ0v) is 11.5. The summed E-state index contributed by atoms with van der Waals surface area (Å²) in [5.74, 6) is 0. The molecule has 1 aromatic carbocycles. The molecule has 0 spiro atoms. The van der Waals surface area contributed by atoms with Crippen molar-refractivity contribution in [3.05, 3.63) is 35.9 Å². The summed E-state index contributed by atoms with van der Waals surface area (Å²) in [5.41, 5.74) is -0.994. The smallest absolute Gasteiger partial charge is 0.184 e. The summed E-state index contributed by atoms with van der Waals surface area (Å²) in [6, 6.07) is 11.3. The van der Waals surface area contributed by atoms with Gasteiger partial charge in [-0.3, -0.25) is 0 Å². The molecule has 0 aliphatic rings. The zero-order chi connectivity index (χ0) is 13.8. The molecule has 1 N–H and O–H groups in total. The molecule has 0 aliphatic heterocycles. The van der Waals surface area contributed by atoms with Crippen molar-refractivity contribution in [1.82, 2.24) is 0 Å². The van der Waals surface area contributed by atoms with Crippen LogP contribution in [0.5, 0.6) is 0 Å². The number of nitrogens with zero attached hydrogens (tertiary/aromatic N) is 1. The molecule has 1 rings (SSSR count). The van der Waals surface area contributed by atoms with Gasteiger partial charge in [0.15, 0.2) is 5.60 Å². The molecule has 0 bridgehead atoms. The number of hydrogen-bond donors (Lipinski definition) is 1. The number of hydrogen-bond acceptors (Lipinski definition) is 3. The summed E-state index contributed by atoms with van der Waals surface area (Å²) in [6.45, 7) is 7.49. The summed E-state index contributed by atoms with van der Waals surface area (Å²) < 4.78 is 5.83. The van der Waals surface area contributed by atoms with E-state index in [2.05, 4.69) is 6.07 Å². The van der Waals surface area contributed by atoms with Gasteiger partial charge >= 0.3 is 0 Å². The third kappa shape index (κ3) is 3.32. The summed E-state index contributed by atoms with van der Waals surface area (Å²) in [5, 5.41) is 19.9. The van der Waals surface area contributed by atoms with Crippen molar-refractivity contribution in [2.75, 3.05) is 0 Å². The maximum Gasteiger partial charge on any atom is 0.184 e. The van der Waals surface area contributed by atoms with E-state index < -0.39 is 17.3 Å². The van der Waals surface area contributed by atoms with E-state index in [9.17, 15) is 10.4 Å². The van der Waals surface area contributed by atoms with Crippen LogP contribution in [-0.2, 0) is 4.74 Å². The fourth-order valence-electron chi connectivity index (χ4n) is 1.94. The topological polar surface area (TPSA) is 53.2 Å². The van der Waals surface area contributed by atoms with Crippen LogP contribution in [0.3, 0.4) is 0 Å². The van der Waals surface area contributed by atoms with Crippen molar-refractivity contribution in [2.45, 2.75) is 51.4 Å². The van der Waals surface area contributed by atoms with Gasteiger partial charge in [-0.1, -0.05) is 37.3 Å². The number of rotatable bonds is 4. The van der Waals surface area contributed by atoms with Crippen molar-refractivity contribution in [3.8, 4) is 6.07 Å². The minimum absolute atomic E-state index is 0.427. The van der Waals surface area contributed by atoms with E-state index in [1.165, 1.54) is 0 Å². The van der Waals surface area contributed by atoms with E-state index in [4.69, 9.17) is 4.74 Å². The Morgan fingerprint density at radius 3 is 2.22 bits per heavy atom. The molecule has 18 heavy (non-hydrogen) atoms. The Morgan fingerprint density at radius 2 is 1.83 bits per heavy atom. The molecule has 0 unspecified atom stereocenters. The van der Waals surface area contributed by atoms with E-state index in [1.807, 2.05) is 45.9 Å². The summed E-state index contributed by atoms with van der Waals surface area (Å²) in [6.07, 6.45) is -0.524. The molecule has 0 fully saturated rings. The van der Waals surface area contributed by atoms with E-state index >= 15 is 0 Å². The lowest BCUT2D eigenvalue weighted by molar-refractivity contribution is -0.156. The van der Waals surface area contributed by atoms with Crippen LogP contribution in [0.4, 0.5) is 0 Å². The Bertz CT molecular complexity index is 416. The fraction of sp³-hybridized carbons (Fsp3) is 0.533. The summed E-state index contributed by atoms with van der Waals surface area (Å²) >= 11 is 0. The first kappa shape index (κ1) is 14.7. The third-order valence-corrected chi connectivity index (χ3v) is 2.76. The molecule has 0 saturated heterocycles. The number of ether oxygens (including phenoxy) is 1. The van der Waals surface area contributed by atoms with Crippen LogP contribution in [-0.4, -0.2) is 16.3 Å². The molecule has 98 valence electrons. The van der Waals surface area contributed by atoms with E-state index in [-0.39, 0.29) is 0 Å². The van der Waals surface area contributed by atoms with Crippen LogP contribution >= 0.6 is 0 Å². The molecule has 0 amide bonds. The molecular formula is C15H21NO2. The van der Waals surface area contributed by atoms with Gasteiger partial charge in [0.05, 0.1) is 5.60 Å². The second kappa shape index (κ2) is 5.51. The lowest BCUT2D eigenvalue weighted by Crippen LogP contribution is -2.43. The molecule has 1 aromatic rings. The average molecular weight is 247 g/mol. The highest BCUT2D eigenvalue weighted by Crippen LogP contribution is 2.35. The molecule has 3 nitrogen and oxygen atoms in total. The van der Waals surface area contributed by atoms with Gasteiger partial charge in [0, 0.05) is 0 Å². The van der Waals surface area contributed by atoms with Crippen LogP contribution in [0, 0.1) is 11.3 Å². The molecule has 0 saturated carbocycles. The van der Waals surface area contributed by atoms with Gasteiger partial charge in [0.1, 0.15) is 12.2 Å². The summed E-state index contributed by atoms with van der Waals surface area (Å²) in [4.78, 5) is 0. The van der Waals surface area contributed by atoms with Gasteiger partial charge in [-0.2, -0.15) is 5.26 Å². The molecular weight excluding hydrogens is 226 g/mol. The third-order valence-electron chi connectivity index (χ3n) is 2.76. The average Bonchev–Trinajstić information content (AvgIpc) is 2.35. The van der Waals surface area contributed by atoms with Crippen molar-refractivity contribution in [1.29, 1.82) is 5.26 Å². The molecule has 0 heterocycles. The van der Waals surface area contributed by atoms with Crippen molar-refractivity contribution in [3.63, 3.8) is 0 Å².